The summed E-state index contributed by atoms with van der Waals surface area (Å²) in [6, 6.07) is 13.8. The van der Waals surface area contributed by atoms with Crippen LogP contribution in [0.3, 0.4) is 0 Å². The third kappa shape index (κ3) is 4.94. The molecule has 4 nitrogen and oxygen atoms in total. The van der Waals surface area contributed by atoms with E-state index in [0.717, 1.165) is 17.7 Å². The number of hydrogen-bond acceptors (Lipinski definition) is 3. The molecule has 2 aromatic carbocycles. The first kappa shape index (κ1) is 19.2. The number of benzene rings is 2. The highest BCUT2D eigenvalue weighted by molar-refractivity contribution is 5.85. The first-order chi connectivity index (χ1) is 11.6. The molecule has 1 atom stereocenters. The maximum absolute atomic E-state index is 13.5. The molecule has 134 valence electrons. The minimum Gasteiger partial charge on any atom is -0.484 e. The molecule has 6 heteroatoms. The van der Waals surface area contributed by atoms with E-state index in [0.29, 0.717) is 18.8 Å². The van der Waals surface area contributed by atoms with Crippen LogP contribution in [-0.4, -0.2) is 37.0 Å². The van der Waals surface area contributed by atoms with Crippen molar-refractivity contribution in [3.63, 3.8) is 0 Å². The maximum atomic E-state index is 13.5. The van der Waals surface area contributed by atoms with Crippen molar-refractivity contribution in [2.75, 3.05) is 26.2 Å². The molecule has 1 heterocycles. The Labute approximate surface area is 153 Å². The molecule has 0 aliphatic carbocycles. The topological polar surface area (TPSA) is 41.6 Å². The standard InChI is InChI=1S/C19H21FN2O2.ClH/c1-14-4-2-7-17(10-14)24-13-19(23)22-9-8-21-12-18(22)15-5-3-6-16(20)11-15;/h2-7,10-11,18,21H,8-9,12-13H2,1H3;1H. The molecule has 0 saturated carbocycles. The fraction of sp³-hybridized carbons (Fsp3) is 0.316. The van der Waals surface area contributed by atoms with E-state index in [1.165, 1.54) is 12.1 Å². The van der Waals surface area contributed by atoms with Crippen LogP contribution in [-0.2, 0) is 4.79 Å². The Morgan fingerprint density at radius 2 is 2.08 bits per heavy atom. The molecular formula is C19H22ClFN2O2. The summed E-state index contributed by atoms with van der Waals surface area (Å²) >= 11 is 0. The summed E-state index contributed by atoms with van der Waals surface area (Å²) in [4.78, 5) is 14.4. The van der Waals surface area contributed by atoms with Crippen molar-refractivity contribution < 1.29 is 13.9 Å². The van der Waals surface area contributed by atoms with Gasteiger partial charge >= 0.3 is 0 Å². The second kappa shape index (κ2) is 8.83. The molecule has 2 aromatic rings. The minimum atomic E-state index is -0.290. The van der Waals surface area contributed by atoms with Crippen molar-refractivity contribution in [3.05, 3.63) is 65.5 Å². The first-order valence-electron chi connectivity index (χ1n) is 8.08. The van der Waals surface area contributed by atoms with E-state index in [2.05, 4.69) is 5.32 Å². The monoisotopic (exact) mass is 364 g/mol. The van der Waals surface area contributed by atoms with Crippen LogP contribution in [0, 0.1) is 12.7 Å². The quantitative estimate of drug-likeness (QED) is 0.906. The van der Waals surface area contributed by atoms with Crippen LogP contribution in [0.2, 0.25) is 0 Å². The van der Waals surface area contributed by atoms with Crippen molar-refractivity contribution in [2.45, 2.75) is 13.0 Å². The number of carbonyl (C=O) groups excluding carboxylic acids is 1. The Hall–Kier alpha value is -2.11. The van der Waals surface area contributed by atoms with Crippen LogP contribution >= 0.6 is 12.4 Å². The van der Waals surface area contributed by atoms with Gasteiger partial charge in [0.1, 0.15) is 11.6 Å². The van der Waals surface area contributed by atoms with Gasteiger partial charge in [-0.3, -0.25) is 4.79 Å². The van der Waals surface area contributed by atoms with Crippen molar-refractivity contribution in [1.82, 2.24) is 10.2 Å². The van der Waals surface area contributed by atoms with Crippen LogP contribution in [0.4, 0.5) is 4.39 Å². The highest BCUT2D eigenvalue weighted by atomic mass is 35.5. The predicted octanol–water partition coefficient (Wildman–Crippen LogP) is 3.11. The molecule has 1 aliphatic rings. The van der Waals surface area contributed by atoms with Crippen LogP contribution in [0.5, 0.6) is 5.75 Å². The molecule has 1 amide bonds. The molecule has 3 rings (SSSR count). The van der Waals surface area contributed by atoms with Gasteiger partial charge in [0.2, 0.25) is 0 Å². The van der Waals surface area contributed by atoms with Crippen LogP contribution in [0.25, 0.3) is 0 Å². The first-order valence-corrected chi connectivity index (χ1v) is 8.08. The number of rotatable bonds is 4. The van der Waals surface area contributed by atoms with Crippen molar-refractivity contribution >= 4 is 18.3 Å². The van der Waals surface area contributed by atoms with Gasteiger partial charge in [0.05, 0.1) is 6.04 Å². The molecule has 1 N–H and O–H groups in total. The molecule has 1 saturated heterocycles. The van der Waals surface area contributed by atoms with Crippen LogP contribution in [0.15, 0.2) is 48.5 Å². The molecule has 0 bridgehead atoms. The second-order valence-electron chi connectivity index (χ2n) is 5.97. The number of nitrogens with zero attached hydrogens (tertiary/aromatic N) is 1. The van der Waals surface area contributed by atoms with E-state index >= 15 is 0 Å². The fourth-order valence-electron chi connectivity index (χ4n) is 2.95. The van der Waals surface area contributed by atoms with Crippen molar-refractivity contribution in [2.24, 2.45) is 0 Å². The summed E-state index contributed by atoms with van der Waals surface area (Å²) in [5, 5.41) is 3.26. The average Bonchev–Trinajstić information content (AvgIpc) is 2.60. The van der Waals surface area contributed by atoms with Gasteiger partial charge in [-0.15, -0.1) is 12.4 Å². The number of carbonyl (C=O) groups is 1. The van der Waals surface area contributed by atoms with Crippen molar-refractivity contribution in [1.29, 1.82) is 0 Å². The van der Waals surface area contributed by atoms with E-state index in [1.54, 1.807) is 11.0 Å². The molecule has 25 heavy (non-hydrogen) atoms. The van der Waals surface area contributed by atoms with Gasteiger partial charge in [-0.05, 0) is 42.3 Å². The van der Waals surface area contributed by atoms with Crippen LogP contribution < -0.4 is 10.1 Å². The SMILES string of the molecule is Cc1cccc(OCC(=O)N2CCNCC2c2cccc(F)c2)c1.Cl. The zero-order valence-corrected chi connectivity index (χ0v) is 14.9. The van der Waals surface area contributed by atoms with E-state index in [-0.39, 0.29) is 36.8 Å². The van der Waals surface area contributed by atoms with Gasteiger partial charge in [-0.25, -0.2) is 4.39 Å². The molecule has 0 aromatic heterocycles. The van der Waals surface area contributed by atoms with Gasteiger partial charge in [-0.2, -0.15) is 0 Å². The number of aryl methyl sites for hydroxylation is 1. The fourth-order valence-corrected chi connectivity index (χ4v) is 2.95. The van der Waals surface area contributed by atoms with Crippen LogP contribution in [0.1, 0.15) is 17.2 Å². The summed E-state index contributed by atoms with van der Waals surface area (Å²) in [5.41, 5.74) is 1.88. The predicted molar refractivity (Wildman–Crippen MR) is 97.6 cm³/mol. The smallest absolute Gasteiger partial charge is 0.261 e. The zero-order valence-electron chi connectivity index (χ0n) is 14.1. The van der Waals surface area contributed by atoms with E-state index in [1.807, 2.05) is 37.3 Å². The zero-order chi connectivity index (χ0) is 16.9. The summed E-state index contributed by atoms with van der Waals surface area (Å²) in [5.74, 6) is 0.301. The third-order valence-corrected chi connectivity index (χ3v) is 4.15. The number of nitrogens with one attached hydrogen (secondary N) is 1. The van der Waals surface area contributed by atoms with Gasteiger partial charge < -0.3 is 15.0 Å². The molecular weight excluding hydrogens is 343 g/mol. The summed E-state index contributed by atoms with van der Waals surface area (Å²) in [6.07, 6.45) is 0. The lowest BCUT2D eigenvalue weighted by Crippen LogP contribution is -2.50. The highest BCUT2D eigenvalue weighted by Gasteiger charge is 2.28. The number of piperazine rings is 1. The Morgan fingerprint density at radius 1 is 1.28 bits per heavy atom. The molecule has 0 spiro atoms. The molecule has 1 unspecified atom stereocenters. The number of amides is 1. The minimum absolute atomic E-state index is 0. The van der Waals surface area contributed by atoms with Gasteiger partial charge in [0, 0.05) is 19.6 Å². The van der Waals surface area contributed by atoms with Gasteiger partial charge in [-0.1, -0.05) is 24.3 Å². The largest absolute Gasteiger partial charge is 0.484 e. The summed E-state index contributed by atoms with van der Waals surface area (Å²) < 4.78 is 19.1. The van der Waals surface area contributed by atoms with E-state index in [9.17, 15) is 9.18 Å². The second-order valence-corrected chi connectivity index (χ2v) is 5.97. The van der Waals surface area contributed by atoms with Crippen molar-refractivity contribution in [3.8, 4) is 5.75 Å². The lowest BCUT2D eigenvalue weighted by atomic mass is 10.0. The third-order valence-electron chi connectivity index (χ3n) is 4.15. The van der Waals surface area contributed by atoms with Gasteiger partial charge in [0.15, 0.2) is 6.61 Å². The Kier molecular flexibility index (Phi) is 6.79. The highest BCUT2D eigenvalue weighted by Crippen LogP contribution is 2.23. The Balaban J connectivity index is 0.00000225. The summed E-state index contributed by atoms with van der Waals surface area (Å²) in [7, 11) is 0. The lowest BCUT2D eigenvalue weighted by Gasteiger charge is -2.36. The summed E-state index contributed by atoms with van der Waals surface area (Å²) in [6.45, 7) is 3.87. The molecule has 0 radical (unpaired) electrons. The maximum Gasteiger partial charge on any atom is 0.261 e. The normalized spacial score (nSPS) is 16.9. The molecule has 1 fully saturated rings. The Morgan fingerprint density at radius 3 is 2.84 bits per heavy atom. The number of ether oxygens (including phenoxy) is 1. The molecule has 1 aliphatic heterocycles. The number of hydrogen-bond donors (Lipinski definition) is 1. The van der Waals surface area contributed by atoms with E-state index in [4.69, 9.17) is 4.74 Å². The number of halogens is 2. The lowest BCUT2D eigenvalue weighted by molar-refractivity contribution is -0.136. The van der Waals surface area contributed by atoms with E-state index < -0.39 is 0 Å². The average molecular weight is 365 g/mol. The van der Waals surface area contributed by atoms with Gasteiger partial charge in [0.25, 0.3) is 5.91 Å². The Bertz CT molecular complexity index is 726.